The van der Waals surface area contributed by atoms with Crippen LogP contribution in [0.2, 0.25) is 25.7 Å². The molecule has 1 heterocycles. The van der Waals surface area contributed by atoms with Crippen LogP contribution in [0.4, 0.5) is 5.69 Å². The van der Waals surface area contributed by atoms with Crippen LogP contribution in [-0.2, 0) is 4.79 Å². The van der Waals surface area contributed by atoms with Gasteiger partial charge in [0.15, 0.2) is 0 Å². The van der Waals surface area contributed by atoms with Gasteiger partial charge in [-0.25, -0.2) is 0 Å². The Hall–Kier alpha value is -1.39. The van der Waals surface area contributed by atoms with Gasteiger partial charge in [-0.05, 0) is 18.6 Å². The molecule has 1 aromatic heterocycles. The number of rotatable bonds is 5. The lowest BCUT2D eigenvalue weighted by Crippen LogP contribution is -2.20. The quantitative estimate of drug-likeness (QED) is 0.810. The molecule has 0 aliphatic carbocycles. The average molecular weight is 323 g/mol. The van der Waals surface area contributed by atoms with Crippen molar-refractivity contribution in [2.45, 2.75) is 38.5 Å². The summed E-state index contributed by atoms with van der Waals surface area (Å²) in [6, 6.07) is 11.1. The van der Waals surface area contributed by atoms with E-state index >= 15 is 0 Å². The third-order valence-corrected chi connectivity index (χ3v) is 5.06. The van der Waals surface area contributed by atoms with Gasteiger partial charge in [-0.15, -0.1) is 12.4 Å². The molecule has 0 bridgehead atoms. The van der Waals surface area contributed by atoms with Gasteiger partial charge in [-0.2, -0.15) is 0 Å². The highest BCUT2D eigenvalue weighted by molar-refractivity contribution is 6.76. The molecule has 0 saturated carbocycles. The molecule has 2 rings (SSSR count). The molecule has 0 fully saturated rings. The average Bonchev–Trinajstić information content (AvgIpc) is 2.37. The molecule has 1 aromatic carbocycles. The van der Waals surface area contributed by atoms with E-state index in [2.05, 4.69) is 29.9 Å². The maximum Gasteiger partial charge on any atom is 0.224 e. The first-order valence-corrected chi connectivity index (χ1v) is 10.8. The SMILES string of the molecule is C[Si](C)(C)CCCC(=O)Nc1cnc2ccccc2c1.Cl. The summed E-state index contributed by atoms with van der Waals surface area (Å²) in [5.41, 5.74) is 1.73. The highest BCUT2D eigenvalue weighted by atomic mass is 35.5. The van der Waals surface area contributed by atoms with Crippen molar-refractivity contribution in [2.24, 2.45) is 0 Å². The Morgan fingerprint density at radius 2 is 1.95 bits per heavy atom. The lowest BCUT2D eigenvalue weighted by molar-refractivity contribution is -0.116. The Morgan fingerprint density at radius 3 is 2.67 bits per heavy atom. The minimum atomic E-state index is -1.04. The second kappa shape index (κ2) is 7.57. The summed E-state index contributed by atoms with van der Waals surface area (Å²) in [5.74, 6) is 0.0836. The van der Waals surface area contributed by atoms with Crippen LogP contribution >= 0.6 is 12.4 Å². The lowest BCUT2D eigenvalue weighted by Gasteiger charge is -2.14. The molecule has 0 spiro atoms. The number of aromatic nitrogens is 1. The topological polar surface area (TPSA) is 42.0 Å². The highest BCUT2D eigenvalue weighted by Gasteiger charge is 2.13. The van der Waals surface area contributed by atoms with Crippen molar-refractivity contribution in [1.82, 2.24) is 4.98 Å². The molecule has 0 aliphatic rings. The number of amides is 1. The second-order valence-electron chi connectivity index (χ2n) is 6.38. The van der Waals surface area contributed by atoms with E-state index in [0.29, 0.717) is 6.42 Å². The number of anilines is 1. The van der Waals surface area contributed by atoms with Gasteiger partial charge in [0.25, 0.3) is 0 Å². The van der Waals surface area contributed by atoms with Gasteiger partial charge in [-0.1, -0.05) is 43.9 Å². The molecule has 0 saturated heterocycles. The van der Waals surface area contributed by atoms with Crippen molar-refractivity contribution < 1.29 is 4.79 Å². The number of hydrogen-bond donors (Lipinski definition) is 1. The summed E-state index contributed by atoms with van der Waals surface area (Å²) < 4.78 is 0. The zero-order valence-corrected chi connectivity index (χ0v) is 14.7. The maximum absolute atomic E-state index is 11.9. The van der Waals surface area contributed by atoms with E-state index in [1.807, 2.05) is 30.3 Å². The zero-order valence-electron chi connectivity index (χ0n) is 12.8. The number of pyridine rings is 1. The number of nitrogens with zero attached hydrogens (tertiary/aromatic N) is 1. The molecule has 0 aliphatic heterocycles. The standard InChI is InChI=1S/C16H22N2OSi.ClH/c1-20(2,3)10-6-9-16(19)18-14-11-13-7-4-5-8-15(13)17-12-14;/h4-5,7-8,11-12H,6,9-10H2,1-3H3,(H,18,19);1H. The fourth-order valence-corrected chi connectivity index (χ4v) is 3.38. The van der Waals surface area contributed by atoms with Crippen LogP contribution in [0.1, 0.15) is 12.8 Å². The fraction of sp³-hybridized carbons (Fsp3) is 0.375. The molecular weight excluding hydrogens is 300 g/mol. The maximum atomic E-state index is 11.9. The van der Waals surface area contributed by atoms with Gasteiger partial charge >= 0.3 is 0 Å². The zero-order chi connectivity index (χ0) is 14.6. The van der Waals surface area contributed by atoms with Gasteiger partial charge in [0.2, 0.25) is 5.91 Å². The number of nitrogens with one attached hydrogen (secondary N) is 1. The minimum absolute atomic E-state index is 0. The third-order valence-electron chi connectivity index (χ3n) is 3.20. The first kappa shape index (κ1) is 17.7. The summed E-state index contributed by atoms with van der Waals surface area (Å²) in [6.45, 7) is 6.99. The Bertz CT molecular complexity index is 610. The molecule has 1 N–H and O–H groups in total. The Balaban J connectivity index is 0.00000220. The summed E-state index contributed by atoms with van der Waals surface area (Å²) in [5, 5.41) is 3.98. The van der Waals surface area contributed by atoms with Crippen molar-refractivity contribution in [1.29, 1.82) is 0 Å². The second-order valence-corrected chi connectivity index (χ2v) is 12.0. The van der Waals surface area contributed by atoms with Crippen LogP contribution < -0.4 is 5.32 Å². The Kier molecular flexibility index (Phi) is 6.36. The van der Waals surface area contributed by atoms with Crippen LogP contribution in [0.5, 0.6) is 0 Å². The molecular formula is C16H23ClN2OSi. The molecule has 0 radical (unpaired) electrons. The normalized spacial score (nSPS) is 11.0. The smallest absolute Gasteiger partial charge is 0.224 e. The van der Waals surface area contributed by atoms with Crippen LogP contribution in [0, 0.1) is 0 Å². The van der Waals surface area contributed by atoms with Crippen LogP contribution in [-0.4, -0.2) is 19.0 Å². The molecule has 21 heavy (non-hydrogen) atoms. The van der Waals surface area contributed by atoms with Crippen LogP contribution in [0.25, 0.3) is 10.9 Å². The molecule has 2 aromatic rings. The summed E-state index contributed by atoms with van der Waals surface area (Å²) in [7, 11) is -1.04. The van der Waals surface area contributed by atoms with Gasteiger partial charge < -0.3 is 5.32 Å². The predicted octanol–water partition coefficient (Wildman–Crippen LogP) is 4.71. The largest absolute Gasteiger partial charge is 0.325 e. The Labute approximate surface area is 133 Å². The summed E-state index contributed by atoms with van der Waals surface area (Å²) >= 11 is 0. The Morgan fingerprint density at radius 1 is 1.24 bits per heavy atom. The van der Waals surface area contributed by atoms with Gasteiger partial charge in [0, 0.05) is 19.9 Å². The van der Waals surface area contributed by atoms with E-state index in [1.165, 1.54) is 6.04 Å². The first-order chi connectivity index (χ1) is 9.44. The minimum Gasteiger partial charge on any atom is -0.325 e. The van der Waals surface area contributed by atoms with Crippen molar-refractivity contribution in [2.75, 3.05) is 5.32 Å². The van der Waals surface area contributed by atoms with Crippen LogP contribution in [0.15, 0.2) is 36.5 Å². The number of benzene rings is 1. The van der Waals surface area contributed by atoms with Crippen molar-refractivity contribution >= 4 is 43.0 Å². The summed E-state index contributed by atoms with van der Waals surface area (Å²) in [6.07, 6.45) is 3.29. The number of para-hydroxylation sites is 1. The number of carbonyl (C=O) groups is 1. The fourth-order valence-electron chi connectivity index (χ4n) is 2.14. The van der Waals surface area contributed by atoms with Gasteiger partial charge in [-0.3, -0.25) is 9.78 Å². The number of fused-ring (bicyclic) bond motifs is 1. The van der Waals surface area contributed by atoms with E-state index < -0.39 is 8.07 Å². The van der Waals surface area contributed by atoms with E-state index in [0.717, 1.165) is 23.0 Å². The number of carbonyl (C=O) groups excluding carboxylic acids is 1. The molecule has 3 nitrogen and oxygen atoms in total. The van der Waals surface area contributed by atoms with E-state index in [4.69, 9.17) is 0 Å². The van der Waals surface area contributed by atoms with E-state index in [-0.39, 0.29) is 18.3 Å². The van der Waals surface area contributed by atoms with Gasteiger partial charge in [0.05, 0.1) is 17.4 Å². The van der Waals surface area contributed by atoms with Gasteiger partial charge in [0.1, 0.15) is 0 Å². The van der Waals surface area contributed by atoms with Crippen molar-refractivity contribution in [3.8, 4) is 0 Å². The molecule has 0 atom stereocenters. The van der Waals surface area contributed by atoms with E-state index in [9.17, 15) is 4.79 Å². The molecule has 0 unspecified atom stereocenters. The van der Waals surface area contributed by atoms with Crippen LogP contribution in [0.3, 0.4) is 0 Å². The molecule has 114 valence electrons. The number of hydrogen-bond acceptors (Lipinski definition) is 2. The predicted molar refractivity (Wildman–Crippen MR) is 95.0 cm³/mol. The third kappa shape index (κ3) is 5.85. The highest BCUT2D eigenvalue weighted by Crippen LogP contribution is 2.17. The molecule has 5 heteroatoms. The lowest BCUT2D eigenvalue weighted by atomic mass is 10.2. The monoisotopic (exact) mass is 322 g/mol. The van der Waals surface area contributed by atoms with Crippen molar-refractivity contribution in [3.63, 3.8) is 0 Å². The van der Waals surface area contributed by atoms with E-state index in [1.54, 1.807) is 6.20 Å². The number of halogens is 1. The molecule has 1 amide bonds. The van der Waals surface area contributed by atoms with Crippen molar-refractivity contribution in [3.05, 3.63) is 36.5 Å². The summed E-state index contributed by atoms with van der Waals surface area (Å²) in [4.78, 5) is 16.3. The first-order valence-electron chi connectivity index (χ1n) is 7.09.